The Morgan fingerprint density at radius 3 is 2.75 bits per heavy atom. The largest absolute Gasteiger partial charge is 0.469 e. The van der Waals surface area contributed by atoms with E-state index in [1.807, 2.05) is 12.1 Å². The van der Waals surface area contributed by atoms with Crippen LogP contribution < -0.4 is 5.48 Å². The second-order valence-electron chi connectivity index (χ2n) is 4.36. The van der Waals surface area contributed by atoms with E-state index in [4.69, 9.17) is 9.25 Å². The molecular formula is C15H16FNO3. The smallest absolute Gasteiger partial charge is 0.247 e. The van der Waals surface area contributed by atoms with Crippen molar-refractivity contribution in [2.45, 2.75) is 19.3 Å². The minimum atomic E-state index is -0.316. The normalized spacial score (nSPS) is 10.4. The molecule has 1 heterocycles. The summed E-state index contributed by atoms with van der Waals surface area (Å²) in [7, 11) is 0. The lowest BCUT2D eigenvalue weighted by molar-refractivity contribution is -0.132. The third kappa shape index (κ3) is 4.85. The Kier molecular flexibility index (Phi) is 5.32. The summed E-state index contributed by atoms with van der Waals surface area (Å²) in [4.78, 5) is 16.6. The zero-order chi connectivity index (χ0) is 14.2. The zero-order valence-electron chi connectivity index (χ0n) is 11.0. The van der Waals surface area contributed by atoms with Crippen LogP contribution in [0.25, 0.3) is 0 Å². The second-order valence-corrected chi connectivity index (χ2v) is 4.36. The molecule has 1 amide bonds. The van der Waals surface area contributed by atoms with Crippen molar-refractivity contribution in [1.82, 2.24) is 5.48 Å². The molecule has 106 valence electrons. The Morgan fingerprint density at radius 2 is 2.05 bits per heavy atom. The maximum Gasteiger partial charge on any atom is 0.247 e. The molecule has 1 aromatic heterocycles. The van der Waals surface area contributed by atoms with Crippen LogP contribution in [0.2, 0.25) is 0 Å². The Labute approximate surface area is 116 Å². The number of carbonyl (C=O) groups excluding carboxylic acids is 1. The van der Waals surface area contributed by atoms with Gasteiger partial charge in [-0.3, -0.25) is 9.63 Å². The van der Waals surface area contributed by atoms with E-state index in [1.165, 1.54) is 12.1 Å². The first kappa shape index (κ1) is 14.3. The minimum absolute atomic E-state index is 0.165. The highest BCUT2D eigenvalue weighted by Gasteiger charge is 2.03. The molecule has 4 nitrogen and oxygen atoms in total. The van der Waals surface area contributed by atoms with E-state index in [2.05, 4.69) is 5.48 Å². The Balaban J connectivity index is 1.59. The number of halogens is 1. The fourth-order valence-electron chi connectivity index (χ4n) is 1.73. The van der Waals surface area contributed by atoms with Gasteiger partial charge in [0.25, 0.3) is 0 Å². The van der Waals surface area contributed by atoms with Crippen molar-refractivity contribution in [3.63, 3.8) is 0 Å². The highest BCUT2D eigenvalue weighted by molar-refractivity contribution is 5.77. The summed E-state index contributed by atoms with van der Waals surface area (Å²) in [6.07, 6.45) is 3.31. The van der Waals surface area contributed by atoms with Crippen molar-refractivity contribution >= 4 is 5.91 Å². The Bertz CT molecular complexity index is 523. The summed E-state index contributed by atoms with van der Waals surface area (Å²) < 4.78 is 17.9. The lowest BCUT2D eigenvalue weighted by atomic mass is 10.1. The van der Waals surface area contributed by atoms with Gasteiger partial charge in [0, 0.05) is 6.42 Å². The molecule has 0 bridgehead atoms. The van der Waals surface area contributed by atoms with Gasteiger partial charge in [0.1, 0.15) is 11.6 Å². The average Bonchev–Trinajstić information content (AvgIpc) is 2.94. The van der Waals surface area contributed by atoms with Crippen LogP contribution in [0.15, 0.2) is 47.1 Å². The topological polar surface area (TPSA) is 51.5 Å². The summed E-state index contributed by atoms with van der Waals surface area (Å²) in [5, 5.41) is 0. The van der Waals surface area contributed by atoms with Crippen LogP contribution in [-0.4, -0.2) is 12.5 Å². The number of rotatable bonds is 7. The summed E-state index contributed by atoms with van der Waals surface area (Å²) in [6, 6.07) is 9.53. The van der Waals surface area contributed by atoms with E-state index < -0.39 is 0 Å². The summed E-state index contributed by atoms with van der Waals surface area (Å²) >= 11 is 0. The van der Waals surface area contributed by atoms with E-state index >= 15 is 0 Å². The standard InChI is InChI=1S/C15H16FNO3/c16-13-7-5-12(6-8-13)11-15(18)17-20-10-2-4-14-3-1-9-19-14/h1,3,5-9H,2,4,10-11H2,(H,17,18). The molecule has 0 atom stereocenters. The van der Waals surface area contributed by atoms with Gasteiger partial charge in [0.2, 0.25) is 5.91 Å². The van der Waals surface area contributed by atoms with E-state index in [9.17, 15) is 9.18 Å². The maximum absolute atomic E-state index is 12.7. The number of hydrogen-bond donors (Lipinski definition) is 1. The molecular weight excluding hydrogens is 261 g/mol. The summed E-state index contributed by atoms with van der Waals surface area (Å²) in [5.41, 5.74) is 3.10. The van der Waals surface area contributed by atoms with Crippen molar-refractivity contribution in [3.8, 4) is 0 Å². The number of hydroxylamine groups is 1. The summed E-state index contributed by atoms with van der Waals surface area (Å²) in [6.45, 7) is 0.413. The molecule has 2 aromatic rings. The zero-order valence-corrected chi connectivity index (χ0v) is 11.0. The number of hydrogen-bond acceptors (Lipinski definition) is 3. The minimum Gasteiger partial charge on any atom is -0.469 e. The Morgan fingerprint density at radius 1 is 1.25 bits per heavy atom. The molecule has 0 aliphatic rings. The monoisotopic (exact) mass is 277 g/mol. The van der Waals surface area contributed by atoms with Gasteiger partial charge in [0.15, 0.2) is 0 Å². The van der Waals surface area contributed by atoms with E-state index in [0.29, 0.717) is 6.61 Å². The molecule has 2 rings (SSSR count). The third-order valence-corrected chi connectivity index (χ3v) is 2.71. The number of furan rings is 1. The lowest BCUT2D eigenvalue weighted by Crippen LogP contribution is -2.26. The fourth-order valence-corrected chi connectivity index (χ4v) is 1.73. The molecule has 0 saturated carbocycles. The molecule has 0 fully saturated rings. The van der Waals surface area contributed by atoms with Gasteiger partial charge in [0.05, 0.1) is 19.3 Å². The highest BCUT2D eigenvalue weighted by Crippen LogP contribution is 2.04. The maximum atomic E-state index is 12.7. The molecule has 1 aromatic carbocycles. The van der Waals surface area contributed by atoms with Gasteiger partial charge in [-0.05, 0) is 36.2 Å². The van der Waals surface area contributed by atoms with Crippen LogP contribution in [0.1, 0.15) is 17.7 Å². The van der Waals surface area contributed by atoms with Crippen molar-refractivity contribution in [1.29, 1.82) is 0 Å². The van der Waals surface area contributed by atoms with Crippen molar-refractivity contribution in [3.05, 3.63) is 59.8 Å². The van der Waals surface area contributed by atoms with Crippen molar-refractivity contribution in [2.75, 3.05) is 6.61 Å². The van der Waals surface area contributed by atoms with Crippen LogP contribution in [0.4, 0.5) is 4.39 Å². The fraction of sp³-hybridized carbons (Fsp3) is 0.267. The number of benzene rings is 1. The SMILES string of the molecule is O=C(Cc1ccc(F)cc1)NOCCCc1ccco1. The molecule has 0 radical (unpaired) electrons. The molecule has 20 heavy (non-hydrogen) atoms. The van der Waals surface area contributed by atoms with Crippen LogP contribution in [0.5, 0.6) is 0 Å². The molecule has 5 heteroatoms. The van der Waals surface area contributed by atoms with Crippen molar-refractivity contribution in [2.24, 2.45) is 0 Å². The number of aryl methyl sites for hydroxylation is 1. The van der Waals surface area contributed by atoms with Gasteiger partial charge in [-0.2, -0.15) is 0 Å². The first-order valence-corrected chi connectivity index (χ1v) is 6.41. The van der Waals surface area contributed by atoms with Crippen LogP contribution >= 0.6 is 0 Å². The second kappa shape index (κ2) is 7.45. The molecule has 0 aliphatic carbocycles. The predicted molar refractivity (Wildman–Crippen MR) is 71.2 cm³/mol. The molecule has 0 aliphatic heterocycles. The van der Waals surface area contributed by atoms with E-state index in [-0.39, 0.29) is 18.1 Å². The lowest BCUT2D eigenvalue weighted by Gasteiger charge is -2.05. The van der Waals surface area contributed by atoms with Crippen LogP contribution in [-0.2, 0) is 22.5 Å². The summed E-state index contributed by atoms with van der Waals surface area (Å²) in [5.74, 6) is 0.323. The van der Waals surface area contributed by atoms with E-state index in [1.54, 1.807) is 18.4 Å². The van der Waals surface area contributed by atoms with Crippen LogP contribution in [0.3, 0.4) is 0 Å². The van der Waals surface area contributed by atoms with Crippen LogP contribution in [0, 0.1) is 5.82 Å². The number of carbonyl (C=O) groups is 1. The average molecular weight is 277 g/mol. The molecule has 0 saturated heterocycles. The molecule has 0 spiro atoms. The van der Waals surface area contributed by atoms with Gasteiger partial charge < -0.3 is 4.42 Å². The van der Waals surface area contributed by atoms with Crippen molar-refractivity contribution < 1.29 is 18.4 Å². The van der Waals surface area contributed by atoms with Gasteiger partial charge >= 0.3 is 0 Å². The quantitative estimate of drug-likeness (QED) is 0.625. The number of nitrogens with one attached hydrogen (secondary N) is 1. The first-order valence-electron chi connectivity index (χ1n) is 6.41. The van der Waals surface area contributed by atoms with Gasteiger partial charge in [-0.1, -0.05) is 12.1 Å². The van der Waals surface area contributed by atoms with Gasteiger partial charge in [-0.15, -0.1) is 0 Å². The molecule has 0 unspecified atom stereocenters. The predicted octanol–water partition coefficient (Wildman–Crippen LogP) is 2.64. The Hall–Kier alpha value is -2.14. The van der Waals surface area contributed by atoms with E-state index in [0.717, 1.165) is 24.2 Å². The number of amides is 1. The highest BCUT2D eigenvalue weighted by atomic mass is 19.1. The van der Waals surface area contributed by atoms with Gasteiger partial charge in [-0.25, -0.2) is 9.87 Å². The molecule has 1 N–H and O–H groups in total. The first-order chi connectivity index (χ1) is 9.74. The third-order valence-electron chi connectivity index (χ3n) is 2.71.